The summed E-state index contributed by atoms with van der Waals surface area (Å²) in [5, 5.41) is 7.11. The average molecular weight is 537 g/mol. The molecule has 0 radical (unpaired) electrons. The molecule has 204 valence electrons. The van der Waals surface area contributed by atoms with Crippen LogP contribution in [0.15, 0.2) is 18.5 Å². The number of aromatic amines is 1. The first-order valence-corrected chi connectivity index (χ1v) is 13.3. The van der Waals surface area contributed by atoms with E-state index in [0.29, 0.717) is 23.7 Å². The number of urea groups is 1. The molecule has 38 heavy (non-hydrogen) atoms. The van der Waals surface area contributed by atoms with Crippen LogP contribution in [0.4, 0.5) is 26.7 Å². The van der Waals surface area contributed by atoms with Crippen LogP contribution in [-0.2, 0) is 12.6 Å². The van der Waals surface area contributed by atoms with Gasteiger partial charge in [0, 0.05) is 74.1 Å². The van der Waals surface area contributed by atoms with Gasteiger partial charge in [-0.1, -0.05) is 0 Å². The Bertz CT molecular complexity index is 1240. The van der Waals surface area contributed by atoms with Crippen LogP contribution in [-0.4, -0.2) is 68.1 Å². The smallest absolute Gasteiger partial charge is 0.323 e. The third-order valence-electron chi connectivity index (χ3n) is 9.46. The minimum atomic E-state index is -4.38. The highest BCUT2D eigenvalue weighted by molar-refractivity contribution is 5.77. The summed E-state index contributed by atoms with van der Waals surface area (Å²) in [5.41, 5.74) is 0.150. The Labute approximate surface area is 216 Å². The van der Waals surface area contributed by atoms with Crippen LogP contribution in [0.1, 0.15) is 73.1 Å². The van der Waals surface area contributed by atoms with E-state index in [1.54, 1.807) is 0 Å². The van der Waals surface area contributed by atoms with Crippen molar-refractivity contribution in [1.29, 1.82) is 0 Å². The molecule has 1 N–H and O–H groups in total. The largest absolute Gasteiger partial charge is 0.417 e. The summed E-state index contributed by atoms with van der Waals surface area (Å²) in [6.45, 7) is 2.90. The number of hydrogen-bond donors (Lipinski definition) is 1. The summed E-state index contributed by atoms with van der Waals surface area (Å²) in [6.07, 6.45) is 1.91. The number of nitrogens with one attached hydrogen (secondary N) is 1. The molecule has 7 rings (SSSR count). The van der Waals surface area contributed by atoms with Crippen molar-refractivity contribution in [2.75, 3.05) is 26.2 Å². The van der Waals surface area contributed by atoms with Gasteiger partial charge in [-0.15, -0.1) is 0 Å². The number of rotatable bonds is 4. The zero-order valence-electron chi connectivity index (χ0n) is 20.8. The molecule has 2 saturated heterocycles. The predicted octanol–water partition coefficient (Wildman–Crippen LogP) is 4.99. The Morgan fingerprint density at radius 3 is 2.18 bits per heavy atom. The second-order valence-corrected chi connectivity index (χ2v) is 12.7. The number of alkyl halides is 5. The number of amides is 2. The Morgan fingerprint density at radius 2 is 1.58 bits per heavy atom. The van der Waals surface area contributed by atoms with Gasteiger partial charge in [-0.3, -0.25) is 10.1 Å². The SMILES string of the molecule is O=C(N1CC2(CC(Cc3cncc(C(F)(F)F)c3)C2)C1)N1CC2(CC(c3nc(C4CC(F)(F)C4)n[nH]3)C2)C1. The lowest BCUT2D eigenvalue weighted by molar-refractivity contribution is -0.137. The van der Waals surface area contributed by atoms with Gasteiger partial charge >= 0.3 is 12.2 Å². The maximum atomic E-state index is 13.1. The minimum absolute atomic E-state index is 0.0723. The molecule has 3 saturated carbocycles. The molecule has 3 aliphatic carbocycles. The van der Waals surface area contributed by atoms with Crippen molar-refractivity contribution < 1.29 is 26.7 Å². The number of likely N-dealkylation sites (tertiary alicyclic amines) is 2. The zero-order valence-corrected chi connectivity index (χ0v) is 20.8. The number of hydrogen-bond acceptors (Lipinski definition) is 4. The van der Waals surface area contributed by atoms with Crippen molar-refractivity contribution >= 4 is 6.03 Å². The van der Waals surface area contributed by atoms with E-state index in [0.717, 1.165) is 63.9 Å². The van der Waals surface area contributed by atoms with Crippen LogP contribution < -0.4 is 0 Å². The fraction of sp³-hybridized carbons (Fsp3) is 0.692. The Kier molecular flexibility index (Phi) is 5.03. The molecule has 2 aliphatic heterocycles. The fourth-order valence-electron chi connectivity index (χ4n) is 7.59. The number of nitrogens with zero attached hydrogens (tertiary/aromatic N) is 5. The normalized spacial score (nSPS) is 25.9. The fourth-order valence-corrected chi connectivity index (χ4v) is 7.59. The molecule has 2 aromatic heterocycles. The quantitative estimate of drug-likeness (QED) is 0.559. The first-order valence-electron chi connectivity index (χ1n) is 13.3. The molecule has 7 nitrogen and oxygen atoms in total. The zero-order chi connectivity index (χ0) is 26.5. The minimum Gasteiger partial charge on any atom is -0.323 e. The monoisotopic (exact) mass is 536 g/mol. The van der Waals surface area contributed by atoms with E-state index >= 15 is 0 Å². The number of H-pyrrole nitrogens is 1. The maximum Gasteiger partial charge on any atom is 0.417 e. The van der Waals surface area contributed by atoms with Crippen LogP contribution in [0.25, 0.3) is 0 Å². The van der Waals surface area contributed by atoms with Gasteiger partial charge in [0.05, 0.1) is 5.56 Å². The average Bonchev–Trinajstić information content (AvgIpc) is 3.19. The van der Waals surface area contributed by atoms with E-state index in [9.17, 15) is 26.7 Å². The standard InChI is InChI=1S/C26H29F5N6O/c27-25(28)7-18(8-25)21-33-20(34-35-21)17-5-24(6-17)13-37(14-24)22(38)36-11-23(12-36)3-16(4-23)1-15-2-19(10-32-9-15)26(29,30)31/h2,9-10,16-18H,1,3-8,11-14H2,(H,33,34,35). The number of carbonyl (C=O) groups excluding carboxylic acids is 1. The van der Waals surface area contributed by atoms with Crippen molar-refractivity contribution in [3.05, 3.63) is 41.2 Å². The van der Waals surface area contributed by atoms with E-state index in [2.05, 4.69) is 20.2 Å². The van der Waals surface area contributed by atoms with Crippen LogP contribution in [0.2, 0.25) is 0 Å². The van der Waals surface area contributed by atoms with E-state index in [1.807, 2.05) is 9.80 Å². The third-order valence-corrected chi connectivity index (χ3v) is 9.46. The molecule has 12 heteroatoms. The lowest BCUT2D eigenvalue weighted by Gasteiger charge is -2.63. The van der Waals surface area contributed by atoms with Crippen LogP contribution in [0.3, 0.4) is 0 Å². The topological polar surface area (TPSA) is 78.0 Å². The van der Waals surface area contributed by atoms with E-state index in [4.69, 9.17) is 0 Å². The lowest BCUT2D eigenvalue weighted by Crippen LogP contribution is -2.70. The van der Waals surface area contributed by atoms with Crippen LogP contribution in [0.5, 0.6) is 0 Å². The van der Waals surface area contributed by atoms with Gasteiger partial charge in [-0.2, -0.15) is 18.3 Å². The molecule has 0 unspecified atom stereocenters. The van der Waals surface area contributed by atoms with E-state index in [-0.39, 0.29) is 41.5 Å². The number of pyridine rings is 1. The molecule has 0 bridgehead atoms. The molecule has 2 amide bonds. The first-order chi connectivity index (χ1) is 17.9. The maximum absolute atomic E-state index is 13.1. The molecule has 2 aromatic rings. The molecule has 0 atom stereocenters. The van der Waals surface area contributed by atoms with Crippen molar-refractivity contribution in [3.63, 3.8) is 0 Å². The van der Waals surface area contributed by atoms with Gasteiger partial charge in [0.1, 0.15) is 5.82 Å². The molecular formula is C26H29F5N6O. The molecule has 4 heterocycles. The van der Waals surface area contributed by atoms with Gasteiger partial charge < -0.3 is 9.80 Å². The molecule has 0 aromatic carbocycles. The predicted molar refractivity (Wildman–Crippen MR) is 124 cm³/mol. The lowest BCUT2D eigenvalue weighted by atomic mass is 9.56. The van der Waals surface area contributed by atoms with Gasteiger partial charge in [-0.25, -0.2) is 18.6 Å². The van der Waals surface area contributed by atoms with Gasteiger partial charge in [0.2, 0.25) is 5.92 Å². The summed E-state index contributed by atoms with van der Waals surface area (Å²) in [5.74, 6) is -1.02. The van der Waals surface area contributed by atoms with E-state index < -0.39 is 17.7 Å². The van der Waals surface area contributed by atoms with Gasteiger partial charge in [-0.05, 0) is 49.7 Å². The van der Waals surface area contributed by atoms with Crippen molar-refractivity contribution in [2.45, 2.75) is 68.9 Å². The number of halogens is 5. The molecule has 2 spiro atoms. The molecule has 5 aliphatic rings. The summed E-state index contributed by atoms with van der Waals surface area (Å²) in [4.78, 5) is 25.0. The molecule has 5 fully saturated rings. The first kappa shape index (κ1) is 24.3. The van der Waals surface area contributed by atoms with Gasteiger partial charge in [0.25, 0.3) is 0 Å². The van der Waals surface area contributed by atoms with Crippen molar-refractivity contribution in [1.82, 2.24) is 30.0 Å². The summed E-state index contributed by atoms with van der Waals surface area (Å²) in [6, 6.07) is 1.26. The molecular weight excluding hydrogens is 507 g/mol. The second kappa shape index (κ2) is 7.88. The highest BCUT2D eigenvalue weighted by Gasteiger charge is 2.59. The summed E-state index contributed by atoms with van der Waals surface area (Å²) >= 11 is 0. The second-order valence-electron chi connectivity index (χ2n) is 12.7. The highest BCUT2D eigenvalue weighted by Crippen LogP contribution is 2.57. The third kappa shape index (κ3) is 4.05. The van der Waals surface area contributed by atoms with Crippen molar-refractivity contribution in [2.24, 2.45) is 16.7 Å². The highest BCUT2D eigenvalue weighted by atomic mass is 19.4. The summed E-state index contributed by atoms with van der Waals surface area (Å²) < 4.78 is 65.1. The summed E-state index contributed by atoms with van der Waals surface area (Å²) in [7, 11) is 0. The number of carbonyl (C=O) groups is 1. The van der Waals surface area contributed by atoms with Crippen LogP contribution in [0, 0.1) is 16.7 Å². The van der Waals surface area contributed by atoms with Crippen molar-refractivity contribution in [3.8, 4) is 0 Å². The Morgan fingerprint density at radius 1 is 0.947 bits per heavy atom. The van der Waals surface area contributed by atoms with Crippen LogP contribution >= 0.6 is 0 Å². The Balaban J connectivity index is 0.838. The number of aromatic nitrogens is 4. The van der Waals surface area contributed by atoms with E-state index in [1.165, 1.54) is 12.3 Å². The van der Waals surface area contributed by atoms with Gasteiger partial charge in [0.15, 0.2) is 5.82 Å². The Hall–Kier alpha value is -2.79.